The molecule has 30 heavy (non-hydrogen) atoms. The number of carbonyl (C=O) groups is 3. The molecular weight excluding hydrogens is 386 g/mol. The highest BCUT2D eigenvalue weighted by atomic mass is 16.6. The average molecular weight is 413 g/mol. The Hall–Kier alpha value is -3.19. The Morgan fingerprint density at radius 3 is 2.37 bits per heavy atom. The van der Waals surface area contributed by atoms with Crippen molar-refractivity contribution in [1.29, 1.82) is 0 Å². The fraction of sp³-hybridized carbons (Fsp3) is 0.348. The molecule has 0 saturated carbocycles. The number of hydrogen-bond acceptors (Lipinski definition) is 5. The predicted octanol–water partition coefficient (Wildman–Crippen LogP) is 2.75. The number of epoxide rings is 1. The molecule has 0 aromatic heterocycles. The molecule has 0 aliphatic carbocycles. The summed E-state index contributed by atoms with van der Waals surface area (Å²) in [4.78, 5) is 35.1. The number of carboxylic acids is 1. The molecule has 4 atom stereocenters. The SMILES string of the molecule is CC(=O)N[C@@H](C(=O)O[C@@H](C=CC=CC=CC(=O)O)[C@@]1(C)CO1)[C@@H](C)c1ccccc1. The topological polar surface area (TPSA) is 105 Å². The van der Waals surface area contributed by atoms with Crippen LogP contribution in [0.3, 0.4) is 0 Å². The Balaban J connectivity index is 2.13. The van der Waals surface area contributed by atoms with Crippen molar-refractivity contribution in [2.24, 2.45) is 0 Å². The van der Waals surface area contributed by atoms with E-state index in [-0.39, 0.29) is 11.8 Å². The Labute approximate surface area is 176 Å². The van der Waals surface area contributed by atoms with Crippen molar-refractivity contribution in [3.63, 3.8) is 0 Å². The lowest BCUT2D eigenvalue weighted by molar-refractivity contribution is -0.154. The van der Waals surface area contributed by atoms with Gasteiger partial charge in [-0.15, -0.1) is 0 Å². The minimum atomic E-state index is -1.04. The van der Waals surface area contributed by atoms with Crippen molar-refractivity contribution in [3.8, 4) is 0 Å². The van der Waals surface area contributed by atoms with Crippen LogP contribution < -0.4 is 5.32 Å². The van der Waals surface area contributed by atoms with Gasteiger partial charge in [0.15, 0.2) is 6.10 Å². The Morgan fingerprint density at radius 1 is 1.17 bits per heavy atom. The first-order valence-corrected chi connectivity index (χ1v) is 9.64. The second-order valence-electron chi connectivity index (χ2n) is 7.30. The third kappa shape index (κ3) is 7.00. The van der Waals surface area contributed by atoms with Gasteiger partial charge in [-0.3, -0.25) is 4.79 Å². The van der Waals surface area contributed by atoms with Gasteiger partial charge in [-0.25, -0.2) is 9.59 Å². The van der Waals surface area contributed by atoms with Gasteiger partial charge in [0.25, 0.3) is 0 Å². The van der Waals surface area contributed by atoms with Crippen LogP contribution in [0.4, 0.5) is 0 Å². The monoisotopic (exact) mass is 413 g/mol. The van der Waals surface area contributed by atoms with Crippen LogP contribution in [0, 0.1) is 0 Å². The number of esters is 1. The maximum Gasteiger partial charge on any atom is 0.329 e. The van der Waals surface area contributed by atoms with E-state index in [9.17, 15) is 14.4 Å². The first kappa shape index (κ1) is 23.1. The molecule has 160 valence electrons. The standard InChI is InChI=1S/C23H27NO6/c1-16(18-11-7-6-8-12-18)21(24-17(2)25)22(28)30-19(23(3)15-29-23)13-9-4-5-10-14-20(26)27/h4-14,16,19,21H,15H2,1-3H3,(H,24,25)(H,26,27)/t16-,19-,21+,23+/m0/s1. The number of hydrogen-bond donors (Lipinski definition) is 2. The van der Waals surface area contributed by atoms with Crippen molar-refractivity contribution >= 4 is 17.8 Å². The van der Waals surface area contributed by atoms with Gasteiger partial charge in [0.2, 0.25) is 5.91 Å². The molecule has 0 unspecified atom stereocenters. The quantitative estimate of drug-likeness (QED) is 0.264. The highest BCUT2D eigenvalue weighted by molar-refractivity contribution is 5.84. The summed E-state index contributed by atoms with van der Waals surface area (Å²) in [5.41, 5.74) is 0.274. The van der Waals surface area contributed by atoms with Gasteiger partial charge in [0, 0.05) is 18.9 Å². The van der Waals surface area contributed by atoms with Crippen LogP contribution in [0.1, 0.15) is 32.3 Å². The van der Waals surface area contributed by atoms with E-state index in [1.54, 1.807) is 24.3 Å². The van der Waals surface area contributed by atoms with Crippen molar-refractivity contribution in [3.05, 3.63) is 72.4 Å². The molecule has 2 N–H and O–H groups in total. The van der Waals surface area contributed by atoms with Gasteiger partial charge in [0.1, 0.15) is 11.6 Å². The lowest BCUT2D eigenvalue weighted by atomic mass is 9.93. The number of benzene rings is 1. The zero-order chi connectivity index (χ0) is 22.1. The van der Waals surface area contributed by atoms with Crippen LogP contribution in [-0.2, 0) is 23.9 Å². The van der Waals surface area contributed by atoms with Gasteiger partial charge < -0.3 is 19.9 Å². The number of nitrogens with one attached hydrogen (secondary N) is 1. The number of aliphatic carboxylic acids is 1. The molecule has 1 fully saturated rings. The van der Waals surface area contributed by atoms with Gasteiger partial charge in [0.05, 0.1) is 6.61 Å². The van der Waals surface area contributed by atoms with Crippen molar-refractivity contribution in [2.45, 2.75) is 44.4 Å². The summed E-state index contributed by atoms with van der Waals surface area (Å²) in [6.45, 7) is 5.49. The zero-order valence-electron chi connectivity index (χ0n) is 17.3. The van der Waals surface area contributed by atoms with E-state index in [0.29, 0.717) is 6.61 Å². The van der Waals surface area contributed by atoms with Gasteiger partial charge in [-0.2, -0.15) is 0 Å². The van der Waals surface area contributed by atoms with E-state index >= 15 is 0 Å². The summed E-state index contributed by atoms with van der Waals surface area (Å²) in [5, 5.41) is 11.3. The maximum atomic E-state index is 13.0. The first-order chi connectivity index (χ1) is 14.2. The van der Waals surface area contributed by atoms with Gasteiger partial charge in [-0.1, -0.05) is 61.6 Å². The van der Waals surface area contributed by atoms with E-state index < -0.39 is 29.7 Å². The van der Waals surface area contributed by atoms with Crippen molar-refractivity contribution in [2.75, 3.05) is 6.61 Å². The number of carbonyl (C=O) groups excluding carboxylic acids is 2. The van der Waals surface area contributed by atoms with Gasteiger partial charge >= 0.3 is 11.9 Å². The van der Waals surface area contributed by atoms with Crippen molar-refractivity contribution < 1.29 is 29.0 Å². The molecule has 2 rings (SSSR count). The van der Waals surface area contributed by atoms with E-state index in [2.05, 4.69) is 5.32 Å². The summed E-state index contributed by atoms with van der Waals surface area (Å²) >= 11 is 0. The van der Waals surface area contributed by atoms with Crippen LogP contribution in [-0.4, -0.2) is 47.3 Å². The molecule has 1 aromatic carbocycles. The average Bonchev–Trinajstić information content (AvgIpc) is 3.46. The van der Waals surface area contributed by atoms with Crippen LogP contribution in [0.2, 0.25) is 0 Å². The normalized spacial score (nSPS) is 21.4. The van der Waals surface area contributed by atoms with Crippen LogP contribution in [0.15, 0.2) is 66.8 Å². The largest absolute Gasteiger partial charge is 0.478 e. The zero-order valence-corrected chi connectivity index (χ0v) is 17.3. The highest BCUT2D eigenvalue weighted by Crippen LogP contribution is 2.33. The molecule has 1 aromatic rings. The molecule has 0 spiro atoms. The Kier molecular flexibility index (Phi) is 8.12. The Bertz CT molecular complexity index is 839. The summed E-state index contributed by atoms with van der Waals surface area (Å²) in [7, 11) is 0. The number of rotatable bonds is 10. The molecule has 7 heteroatoms. The second kappa shape index (κ2) is 10.5. The molecule has 1 saturated heterocycles. The minimum Gasteiger partial charge on any atom is -0.478 e. The fourth-order valence-corrected chi connectivity index (χ4v) is 2.83. The lowest BCUT2D eigenvalue weighted by Gasteiger charge is -2.26. The Morgan fingerprint density at radius 2 is 1.80 bits per heavy atom. The summed E-state index contributed by atoms with van der Waals surface area (Å²) in [5.74, 6) is -2.20. The fourth-order valence-electron chi connectivity index (χ4n) is 2.83. The summed E-state index contributed by atoms with van der Waals surface area (Å²) in [6, 6.07) is 8.57. The molecule has 1 amide bonds. The third-order valence-electron chi connectivity index (χ3n) is 4.74. The smallest absolute Gasteiger partial charge is 0.329 e. The molecule has 0 bridgehead atoms. The van der Waals surface area contributed by atoms with E-state index in [1.807, 2.05) is 44.2 Å². The number of amides is 1. The molecule has 7 nitrogen and oxygen atoms in total. The highest BCUT2D eigenvalue weighted by Gasteiger charge is 2.49. The van der Waals surface area contributed by atoms with Crippen LogP contribution in [0.5, 0.6) is 0 Å². The van der Waals surface area contributed by atoms with Crippen LogP contribution >= 0.6 is 0 Å². The van der Waals surface area contributed by atoms with Crippen molar-refractivity contribution in [1.82, 2.24) is 5.32 Å². The predicted molar refractivity (Wildman–Crippen MR) is 112 cm³/mol. The molecule has 1 aliphatic heterocycles. The molecule has 1 aliphatic rings. The van der Waals surface area contributed by atoms with E-state index in [4.69, 9.17) is 14.6 Å². The second-order valence-corrected chi connectivity index (χ2v) is 7.30. The number of allylic oxidation sites excluding steroid dienone is 4. The first-order valence-electron chi connectivity index (χ1n) is 9.64. The molecule has 0 radical (unpaired) electrons. The number of carboxylic acid groups (broad SMARTS) is 1. The third-order valence-corrected chi connectivity index (χ3v) is 4.74. The summed E-state index contributed by atoms with van der Waals surface area (Å²) < 4.78 is 11.2. The molecular formula is C23H27NO6. The van der Waals surface area contributed by atoms with E-state index in [1.165, 1.54) is 13.0 Å². The number of ether oxygens (including phenoxy) is 2. The lowest BCUT2D eigenvalue weighted by Crippen LogP contribution is -2.46. The summed E-state index contributed by atoms with van der Waals surface area (Å²) in [6.07, 6.45) is 8.26. The van der Waals surface area contributed by atoms with E-state index in [0.717, 1.165) is 11.6 Å². The molecule has 1 heterocycles. The van der Waals surface area contributed by atoms with Crippen LogP contribution in [0.25, 0.3) is 0 Å². The van der Waals surface area contributed by atoms with Gasteiger partial charge in [-0.05, 0) is 18.6 Å². The maximum absolute atomic E-state index is 13.0. The minimum absolute atomic E-state index is 0.291.